The zero-order chi connectivity index (χ0) is 11.5. The zero-order valence-corrected chi connectivity index (χ0v) is 9.03. The van der Waals surface area contributed by atoms with Crippen molar-refractivity contribution >= 4 is 5.97 Å². The Kier molecular flexibility index (Phi) is 3.08. The smallest absolute Gasteiger partial charge is 0.337 e. The van der Waals surface area contributed by atoms with Gasteiger partial charge in [0.05, 0.1) is 19.3 Å². The average molecular weight is 224 g/mol. The van der Waals surface area contributed by atoms with Crippen molar-refractivity contribution in [2.75, 3.05) is 13.7 Å². The van der Waals surface area contributed by atoms with Crippen LogP contribution in [0.15, 0.2) is 18.2 Å². The summed E-state index contributed by atoms with van der Waals surface area (Å²) < 4.78 is 23.2. The van der Waals surface area contributed by atoms with E-state index >= 15 is 0 Å². The van der Waals surface area contributed by atoms with Gasteiger partial charge in [0.2, 0.25) is 0 Å². The lowest BCUT2D eigenvalue weighted by Gasteiger charge is -2.07. The van der Waals surface area contributed by atoms with Gasteiger partial charge in [-0.25, -0.2) is 9.18 Å². The highest BCUT2D eigenvalue weighted by molar-refractivity contribution is 5.89. The summed E-state index contributed by atoms with van der Waals surface area (Å²) in [6.07, 6.45) is 2.27. The van der Waals surface area contributed by atoms with E-state index in [9.17, 15) is 9.18 Å². The van der Waals surface area contributed by atoms with Crippen molar-refractivity contribution in [3.8, 4) is 5.75 Å². The Labute approximate surface area is 93.2 Å². The van der Waals surface area contributed by atoms with E-state index in [1.54, 1.807) is 0 Å². The summed E-state index contributed by atoms with van der Waals surface area (Å²) in [6, 6.07) is 3.98. The molecule has 0 unspecified atom stereocenters. The highest BCUT2D eigenvalue weighted by atomic mass is 19.1. The maximum Gasteiger partial charge on any atom is 0.337 e. The van der Waals surface area contributed by atoms with Gasteiger partial charge in [-0.3, -0.25) is 0 Å². The van der Waals surface area contributed by atoms with Crippen LogP contribution < -0.4 is 4.74 Å². The summed E-state index contributed by atoms with van der Waals surface area (Å²) in [5, 5.41) is 0. The second kappa shape index (κ2) is 4.51. The fraction of sp³-hybridized carbons (Fsp3) is 0.417. The number of carbonyl (C=O) groups is 1. The molecule has 16 heavy (non-hydrogen) atoms. The van der Waals surface area contributed by atoms with Gasteiger partial charge in [-0.15, -0.1) is 0 Å². The first-order valence-electron chi connectivity index (χ1n) is 5.21. The molecule has 1 aliphatic carbocycles. The fourth-order valence-electron chi connectivity index (χ4n) is 1.35. The highest BCUT2D eigenvalue weighted by Gasteiger charge is 2.22. The van der Waals surface area contributed by atoms with Crippen LogP contribution in [0.3, 0.4) is 0 Å². The van der Waals surface area contributed by atoms with Crippen molar-refractivity contribution in [2.45, 2.75) is 12.8 Å². The monoisotopic (exact) mass is 224 g/mol. The number of methoxy groups -OCH3 is 1. The first kappa shape index (κ1) is 10.9. The Morgan fingerprint density at radius 1 is 1.50 bits per heavy atom. The van der Waals surface area contributed by atoms with E-state index in [2.05, 4.69) is 4.74 Å². The van der Waals surface area contributed by atoms with E-state index < -0.39 is 11.8 Å². The zero-order valence-electron chi connectivity index (χ0n) is 9.03. The van der Waals surface area contributed by atoms with Crippen LogP contribution >= 0.6 is 0 Å². The summed E-state index contributed by atoms with van der Waals surface area (Å²) in [7, 11) is 1.29. The van der Waals surface area contributed by atoms with Crippen LogP contribution in [0.25, 0.3) is 0 Å². The number of hydrogen-bond acceptors (Lipinski definition) is 3. The molecule has 0 radical (unpaired) electrons. The molecule has 1 saturated carbocycles. The van der Waals surface area contributed by atoms with Crippen LogP contribution in [-0.4, -0.2) is 19.7 Å². The molecule has 0 saturated heterocycles. The first-order valence-corrected chi connectivity index (χ1v) is 5.21. The molecule has 0 aromatic heterocycles. The largest absolute Gasteiger partial charge is 0.490 e. The number of halogens is 1. The summed E-state index contributed by atoms with van der Waals surface area (Å²) >= 11 is 0. The van der Waals surface area contributed by atoms with Crippen molar-refractivity contribution in [2.24, 2.45) is 5.92 Å². The van der Waals surface area contributed by atoms with E-state index in [4.69, 9.17) is 4.74 Å². The third-order valence-corrected chi connectivity index (χ3v) is 2.52. The van der Waals surface area contributed by atoms with Crippen molar-refractivity contribution < 1.29 is 18.7 Å². The van der Waals surface area contributed by atoms with E-state index in [0.29, 0.717) is 18.1 Å². The van der Waals surface area contributed by atoms with Gasteiger partial charge in [-0.2, -0.15) is 0 Å². The van der Waals surface area contributed by atoms with E-state index in [1.165, 1.54) is 25.3 Å². The van der Waals surface area contributed by atoms with Crippen LogP contribution in [0, 0.1) is 11.7 Å². The molecule has 1 aromatic carbocycles. The topological polar surface area (TPSA) is 35.5 Å². The molecule has 1 fully saturated rings. The van der Waals surface area contributed by atoms with Gasteiger partial charge in [0, 0.05) is 0 Å². The number of ether oxygens (including phenoxy) is 2. The lowest BCUT2D eigenvalue weighted by atomic mass is 10.2. The van der Waals surface area contributed by atoms with Gasteiger partial charge < -0.3 is 9.47 Å². The average Bonchev–Trinajstić information content (AvgIpc) is 3.11. The lowest BCUT2D eigenvalue weighted by molar-refractivity contribution is 0.0600. The summed E-state index contributed by atoms with van der Waals surface area (Å²) in [4.78, 5) is 11.2. The fourth-order valence-corrected chi connectivity index (χ4v) is 1.35. The maximum atomic E-state index is 13.3. The normalized spacial score (nSPS) is 14.6. The molecule has 0 spiro atoms. The van der Waals surface area contributed by atoms with Gasteiger partial charge in [0.1, 0.15) is 0 Å². The molecule has 86 valence electrons. The van der Waals surface area contributed by atoms with Crippen LogP contribution in [-0.2, 0) is 4.74 Å². The van der Waals surface area contributed by atoms with Gasteiger partial charge in [-0.1, -0.05) is 0 Å². The van der Waals surface area contributed by atoms with Gasteiger partial charge in [0.15, 0.2) is 11.6 Å². The first-order chi connectivity index (χ1) is 7.70. The highest BCUT2D eigenvalue weighted by Crippen LogP contribution is 2.30. The third kappa shape index (κ3) is 2.51. The summed E-state index contributed by atoms with van der Waals surface area (Å²) in [6.45, 7) is 0.515. The molecule has 3 nitrogen and oxygen atoms in total. The molecule has 0 aliphatic heterocycles. The predicted octanol–water partition coefficient (Wildman–Crippen LogP) is 2.40. The quantitative estimate of drug-likeness (QED) is 0.737. The molecular formula is C12H13FO3. The standard InChI is InChI=1S/C12H13FO3/c1-15-12(14)9-4-5-10(13)11(6-9)16-7-8-2-3-8/h4-6,8H,2-3,7H2,1H3. The molecular weight excluding hydrogens is 211 g/mol. The Bertz CT molecular complexity index is 399. The molecule has 0 amide bonds. The second-order valence-electron chi connectivity index (χ2n) is 3.89. The van der Waals surface area contributed by atoms with Crippen LogP contribution in [0.2, 0.25) is 0 Å². The molecule has 0 N–H and O–H groups in total. The minimum absolute atomic E-state index is 0.120. The molecule has 4 heteroatoms. The van der Waals surface area contributed by atoms with Crippen molar-refractivity contribution in [1.82, 2.24) is 0 Å². The van der Waals surface area contributed by atoms with E-state index in [1.807, 2.05) is 0 Å². The number of rotatable bonds is 4. The molecule has 1 aliphatic rings. The molecule has 0 atom stereocenters. The molecule has 0 bridgehead atoms. The lowest BCUT2D eigenvalue weighted by Crippen LogP contribution is -2.05. The molecule has 1 aromatic rings. The third-order valence-electron chi connectivity index (χ3n) is 2.52. The molecule has 0 heterocycles. The number of carbonyl (C=O) groups excluding carboxylic acids is 1. The van der Waals surface area contributed by atoms with Crippen molar-refractivity contribution in [1.29, 1.82) is 0 Å². The predicted molar refractivity (Wildman–Crippen MR) is 56.0 cm³/mol. The molecule has 2 rings (SSSR count). The Morgan fingerprint density at radius 3 is 2.88 bits per heavy atom. The van der Waals surface area contributed by atoms with Crippen LogP contribution in [0.5, 0.6) is 5.75 Å². The maximum absolute atomic E-state index is 13.3. The minimum atomic E-state index is -0.490. The van der Waals surface area contributed by atoms with Gasteiger partial charge in [0.25, 0.3) is 0 Å². The Balaban J connectivity index is 2.11. The Morgan fingerprint density at radius 2 is 2.25 bits per heavy atom. The van der Waals surface area contributed by atoms with E-state index in [0.717, 1.165) is 12.8 Å². The van der Waals surface area contributed by atoms with Crippen molar-refractivity contribution in [3.05, 3.63) is 29.6 Å². The minimum Gasteiger partial charge on any atom is -0.490 e. The van der Waals surface area contributed by atoms with Crippen molar-refractivity contribution in [3.63, 3.8) is 0 Å². The van der Waals surface area contributed by atoms with Gasteiger partial charge in [-0.05, 0) is 37.0 Å². The Hall–Kier alpha value is -1.58. The van der Waals surface area contributed by atoms with Crippen LogP contribution in [0.1, 0.15) is 23.2 Å². The number of benzene rings is 1. The van der Waals surface area contributed by atoms with Crippen LogP contribution in [0.4, 0.5) is 4.39 Å². The van der Waals surface area contributed by atoms with E-state index in [-0.39, 0.29) is 5.75 Å². The summed E-state index contributed by atoms with van der Waals surface area (Å²) in [5.41, 5.74) is 0.301. The number of esters is 1. The van der Waals surface area contributed by atoms with Gasteiger partial charge >= 0.3 is 5.97 Å². The SMILES string of the molecule is COC(=O)c1ccc(F)c(OCC2CC2)c1. The summed E-state index contributed by atoms with van der Waals surface area (Å²) in [5.74, 6) is -0.277. The second-order valence-corrected chi connectivity index (χ2v) is 3.89. The number of hydrogen-bond donors (Lipinski definition) is 0.